The number of ether oxygens (including phenoxy) is 1. The fourth-order valence-corrected chi connectivity index (χ4v) is 3.46. The third-order valence-electron chi connectivity index (χ3n) is 5.04. The first-order chi connectivity index (χ1) is 14.2. The number of furan rings is 1. The molecule has 0 aliphatic carbocycles. The molecule has 1 aliphatic heterocycles. The van der Waals surface area contributed by atoms with Crippen LogP contribution in [0.1, 0.15) is 22.7 Å². The molecule has 6 heteroatoms. The van der Waals surface area contributed by atoms with E-state index in [2.05, 4.69) is 22.3 Å². The number of nitrogens with zero attached hydrogens (tertiary/aromatic N) is 1. The Morgan fingerprint density at radius 1 is 1.10 bits per heavy atom. The lowest BCUT2D eigenvalue weighted by molar-refractivity contribution is 0.0916. The number of amides is 1. The van der Waals surface area contributed by atoms with Crippen molar-refractivity contribution in [3.63, 3.8) is 0 Å². The summed E-state index contributed by atoms with van der Waals surface area (Å²) in [6.07, 6.45) is 1.05. The third-order valence-corrected chi connectivity index (χ3v) is 5.04. The van der Waals surface area contributed by atoms with Crippen LogP contribution in [0.4, 0.5) is 10.1 Å². The Labute approximate surface area is 169 Å². The quantitative estimate of drug-likeness (QED) is 0.651. The van der Waals surface area contributed by atoms with Crippen LogP contribution in [-0.2, 0) is 6.61 Å². The number of carbonyl (C=O) groups is 1. The van der Waals surface area contributed by atoms with E-state index in [1.807, 2.05) is 18.2 Å². The van der Waals surface area contributed by atoms with E-state index >= 15 is 0 Å². The lowest BCUT2D eigenvalue weighted by Gasteiger charge is -2.18. The molecule has 1 unspecified atom stereocenters. The molecule has 0 bridgehead atoms. The summed E-state index contributed by atoms with van der Waals surface area (Å²) in [7, 11) is 0. The van der Waals surface area contributed by atoms with E-state index < -0.39 is 0 Å². The molecule has 5 nitrogen and oxygen atoms in total. The number of carbonyl (C=O) groups excluding carboxylic acids is 1. The van der Waals surface area contributed by atoms with Crippen molar-refractivity contribution in [2.45, 2.75) is 13.0 Å². The maximum atomic E-state index is 12.9. The molecular formula is C23H23FN2O3. The van der Waals surface area contributed by atoms with Gasteiger partial charge in [0.2, 0.25) is 0 Å². The summed E-state index contributed by atoms with van der Waals surface area (Å²) in [4.78, 5) is 14.7. The highest BCUT2D eigenvalue weighted by molar-refractivity contribution is 5.91. The molecule has 1 N–H and O–H groups in total. The molecule has 1 atom stereocenters. The molecule has 1 amide bonds. The summed E-state index contributed by atoms with van der Waals surface area (Å²) in [5.41, 5.74) is 1.22. The van der Waals surface area contributed by atoms with Gasteiger partial charge in [-0.3, -0.25) is 4.79 Å². The van der Waals surface area contributed by atoms with E-state index in [1.165, 1.54) is 17.8 Å². The lowest BCUT2D eigenvalue weighted by Crippen LogP contribution is -2.30. The topological polar surface area (TPSA) is 54.7 Å². The number of hydrogen-bond acceptors (Lipinski definition) is 4. The normalized spacial score (nSPS) is 16.0. The Morgan fingerprint density at radius 3 is 2.69 bits per heavy atom. The number of hydrogen-bond donors (Lipinski definition) is 1. The first-order valence-electron chi connectivity index (χ1n) is 9.72. The highest BCUT2D eigenvalue weighted by Gasteiger charge is 2.23. The van der Waals surface area contributed by atoms with Gasteiger partial charge in [0, 0.05) is 25.3 Å². The van der Waals surface area contributed by atoms with Gasteiger partial charge in [-0.25, -0.2) is 4.39 Å². The van der Waals surface area contributed by atoms with Gasteiger partial charge < -0.3 is 19.4 Å². The van der Waals surface area contributed by atoms with Crippen LogP contribution in [0.25, 0.3) is 0 Å². The number of nitrogens with one attached hydrogen (secondary N) is 1. The van der Waals surface area contributed by atoms with E-state index in [1.54, 1.807) is 24.3 Å². The first-order valence-corrected chi connectivity index (χ1v) is 9.72. The Hall–Kier alpha value is -3.28. The Morgan fingerprint density at radius 2 is 1.90 bits per heavy atom. The third kappa shape index (κ3) is 4.96. The van der Waals surface area contributed by atoms with Crippen LogP contribution in [0, 0.1) is 11.7 Å². The predicted octanol–water partition coefficient (Wildman–Crippen LogP) is 4.25. The van der Waals surface area contributed by atoms with Crippen LogP contribution in [0.15, 0.2) is 71.1 Å². The maximum Gasteiger partial charge on any atom is 0.287 e. The highest BCUT2D eigenvalue weighted by Crippen LogP contribution is 2.23. The van der Waals surface area contributed by atoms with Crippen molar-refractivity contribution in [1.82, 2.24) is 5.32 Å². The molecule has 4 rings (SSSR count). The molecule has 150 valence electrons. The monoisotopic (exact) mass is 394 g/mol. The van der Waals surface area contributed by atoms with Gasteiger partial charge in [0.05, 0.1) is 0 Å². The van der Waals surface area contributed by atoms with Gasteiger partial charge in [0.15, 0.2) is 5.76 Å². The molecule has 2 heterocycles. The zero-order valence-electron chi connectivity index (χ0n) is 16.0. The van der Waals surface area contributed by atoms with Gasteiger partial charge >= 0.3 is 0 Å². The van der Waals surface area contributed by atoms with Crippen LogP contribution in [0.5, 0.6) is 5.75 Å². The van der Waals surface area contributed by atoms with Crippen molar-refractivity contribution in [3.05, 3.63) is 84.1 Å². The van der Waals surface area contributed by atoms with E-state index in [9.17, 15) is 9.18 Å². The summed E-state index contributed by atoms with van der Waals surface area (Å²) in [6.45, 7) is 2.72. The van der Waals surface area contributed by atoms with Crippen molar-refractivity contribution >= 4 is 11.6 Å². The van der Waals surface area contributed by atoms with Crippen LogP contribution < -0.4 is 15.0 Å². The zero-order chi connectivity index (χ0) is 20.1. The molecule has 0 radical (unpaired) electrons. The molecule has 3 aromatic rings. The Balaban J connectivity index is 1.24. The van der Waals surface area contributed by atoms with Gasteiger partial charge in [-0.1, -0.05) is 18.2 Å². The smallest absolute Gasteiger partial charge is 0.287 e. The molecule has 0 saturated carbocycles. The zero-order valence-corrected chi connectivity index (χ0v) is 16.0. The minimum absolute atomic E-state index is 0.174. The Bertz CT molecular complexity index is 940. The Kier molecular flexibility index (Phi) is 5.79. The summed E-state index contributed by atoms with van der Waals surface area (Å²) < 4.78 is 24.0. The van der Waals surface area contributed by atoms with E-state index in [-0.39, 0.29) is 24.1 Å². The summed E-state index contributed by atoms with van der Waals surface area (Å²) in [5.74, 6) is 1.21. The van der Waals surface area contributed by atoms with Crippen molar-refractivity contribution in [2.24, 2.45) is 5.92 Å². The van der Waals surface area contributed by atoms with Gasteiger partial charge in [-0.05, 0) is 60.9 Å². The second-order valence-electron chi connectivity index (χ2n) is 7.15. The average Bonchev–Trinajstić information content (AvgIpc) is 3.42. The highest BCUT2D eigenvalue weighted by atomic mass is 19.1. The number of halogens is 1. The predicted molar refractivity (Wildman–Crippen MR) is 109 cm³/mol. The SMILES string of the molecule is O=C(NCC1CCN(c2ccccc2)C1)c1ccc(COc2ccc(F)cc2)o1. The van der Waals surface area contributed by atoms with Crippen LogP contribution >= 0.6 is 0 Å². The molecule has 0 spiro atoms. The van der Waals surface area contributed by atoms with E-state index in [4.69, 9.17) is 9.15 Å². The molecule has 2 aromatic carbocycles. The van der Waals surface area contributed by atoms with Crippen molar-refractivity contribution in [2.75, 3.05) is 24.5 Å². The van der Waals surface area contributed by atoms with Gasteiger partial charge in [-0.2, -0.15) is 0 Å². The van der Waals surface area contributed by atoms with Crippen LogP contribution in [0.2, 0.25) is 0 Å². The minimum atomic E-state index is -0.316. The fraction of sp³-hybridized carbons (Fsp3) is 0.261. The van der Waals surface area contributed by atoms with Crippen molar-refractivity contribution < 1.29 is 18.3 Å². The molecule has 1 saturated heterocycles. The number of rotatable bonds is 7. The lowest BCUT2D eigenvalue weighted by atomic mass is 10.1. The van der Waals surface area contributed by atoms with Crippen molar-refractivity contribution in [1.29, 1.82) is 0 Å². The number of anilines is 1. The largest absolute Gasteiger partial charge is 0.486 e. The van der Waals surface area contributed by atoms with Gasteiger partial charge in [0.1, 0.15) is 23.9 Å². The van der Waals surface area contributed by atoms with Crippen molar-refractivity contribution in [3.8, 4) is 5.75 Å². The molecular weight excluding hydrogens is 371 g/mol. The second kappa shape index (κ2) is 8.82. The standard InChI is InChI=1S/C23H23FN2O3/c24-18-6-8-20(9-7-18)28-16-21-10-11-22(29-21)23(27)25-14-17-12-13-26(15-17)19-4-2-1-3-5-19/h1-11,17H,12-16H2,(H,25,27). The minimum Gasteiger partial charge on any atom is -0.486 e. The first kappa shape index (κ1) is 19.1. The van der Waals surface area contributed by atoms with E-state index in [0.29, 0.717) is 24.0 Å². The van der Waals surface area contributed by atoms with Crippen LogP contribution in [-0.4, -0.2) is 25.5 Å². The summed E-state index contributed by atoms with van der Waals surface area (Å²) in [6, 6.07) is 19.4. The second-order valence-corrected chi connectivity index (χ2v) is 7.15. The molecule has 1 aromatic heterocycles. The average molecular weight is 394 g/mol. The number of para-hydroxylation sites is 1. The molecule has 1 aliphatic rings. The molecule has 1 fully saturated rings. The molecule has 29 heavy (non-hydrogen) atoms. The van der Waals surface area contributed by atoms with Crippen LogP contribution in [0.3, 0.4) is 0 Å². The van der Waals surface area contributed by atoms with Gasteiger partial charge in [0.25, 0.3) is 5.91 Å². The summed E-state index contributed by atoms with van der Waals surface area (Å²) in [5, 5.41) is 2.96. The van der Waals surface area contributed by atoms with Gasteiger partial charge in [-0.15, -0.1) is 0 Å². The fourth-order valence-electron chi connectivity index (χ4n) is 3.46. The maximum absolute atomic E-state index is 12.9. The number of benzene rings is 2. The summed E-state index contributed by atoms with van der Waals surface area (Å²) >= 11 is 0. The van der Waals surface area contributed by atoms with E-state index in [0.717, 1.165) is 19.5 Å².